The van der Waals surface area contributed by atoms with Crippen LogP contribution in [0.15, 0.2) is 48.5 Å². The molecule has 10 heteroatoms. The first-order chi connectivity index (χ1) is 18.5. The Bertz CT molecular complexity index is 1100. The van der Waals surface area contributed by atoms with Crippen molar-refractivity contribution in [2.75, 3.05) is 67.5 Å². The number of carbonyl (C=O) groups is 4. The number of imide groups is 2. The van der Waals surface area contributed by atoms with Gasteiger partial charge in [-0.05, 0) is 43.5 Å². The molecule has 4 rings (SSSR count). The van der Waals surface area contributed by atoms with Crippen LogP contribution in [-0.2, 0) is 0 Å². The molecular weight excluding hydrogens is 652 g/mol. The van der Waals surface area contributed by atoms with Gasteiger partial charge in [-0.3, -0.25) is 29.0 Å². The van der Waals surface area contributed by atoms with E-state index in [1.54, 1.807) is 48.5 Å². The largest absolute Gasteiger partial charge is 1.00 e. The summed E-state index contributed by atoms with van der Waals surface area (Å²) in [7, 11) is 8.84. The average Bonchev–Trinajstić information content (AvgIpc) is 3.29. The highest BCUT2D eigenvalue weighted by Gasteiger charge is 2.36. The minimum Gasteiger partial charge on any atom is -1.00 e. The quantitative estimate of drug-likeness (QED) is 0.127. The van der Waals surface area contributed by atoms with E-state index in [4.69, 9.17) is 0 Å². The number of amides is 4. The summed E-state index contributed by atoms with van der Waals surface area (Å²) in [6.07, 6.45) is 4.95. The first-order valence-electron chi connectivity index (χ1n) is 14.1. The molecular formula is C31H42Br2N4O4. The topological polar surface area (TPSA) is 74.8 Å². The lowest BCUT2D eigenvalue weighted by atomic mass is 10.1. The molecule has 0 radical (unpaired) electrons. The number of carbonyl (C=O) groups excluding carboxylic acids is 4. The van der Waals surface area contributed by atoms with Gasteiger partial charge in [-0.15, -0.1) is 0 Å². The predicted octanol–water partition coefficient (Wildman–Crippen LogP) is -2.31. The molecule has 2 aliphatic rings. The van der Waals surface area contributed by atoms with Crippen molar-refractivity contribution in [3.8, 4) is 0 Å². The fourth-order valence-electron chi connectivity index (χ4n) is 5.68. The summed E-state index contributed by atoms with van der Waals surface area (Å²) in [6.45, 7) is 4.84. The van der Waals surface area contributed by atoms with Crippen LogP contribution in [0.3, 0.4) is 0 Å². The summed E-state index contributed by atoms with van der Waals surface area (Å²) in [6, 6.07) is 14.1. The molecule has 0 saturated carbocycles. The van der Waals surface area contributed by atoms with E-state index in [0.29, 0.717) is 35.3 Å². The third-order valence-corrected chi connectivity index (χ3v) is 8.07. The average molecular weight is 695 g/mol. The lowest BCUT2D eigenvalue weighted by Gasteiger charge is -2.32. The third kappa shape index (κ3) is 8.34. The Morgan fingerprint density at radius 1 is 0.463 bits per heavy atom. The number of quaternary nitrogens is 2. The summed E-state index contributed by atoms with van der Waals surface area (Å²) < 4.78 is 1.73. The number of rotatable bonds is 14. The van der Waals surface area contributed by atoms with Crippen LogP contribution < -0.4 is 34.0 Å². The third-order valence-electron chi connectivity index (χ3n) is 8.07. The molecule has 0 unspecified atom stereocenters. The van der Waals surface area contributed by atoms with Crippen LogP contribution in [0.4, 0.5) is 0 Å². The van der Waals surface area contributed by atoms with Gasteiger partial charge in [0, 0.05) is 25.9 Å². The Morgan fingerprint density at radius 2 is 0.732 bits per heavy atom. The molecule has 0 aliphatic carbocycles. The van der Waals surface area contributed by atoms with Crippen molar-refractivity contribution in [2.24, 2.45) is 0 Å². The van der Waals surface area contributed by atoms with Crippen molar-refractivity contribution in [2.45, 2.75) is 32.1 Å². The molecule has 4 amide bonds. The Morgan fingerprint density at radius 3 is 1.02 bits per heavy atom. The van der Waals surface area contributed by atoms with Crippen LogP contribution in [-0.4, -0.2) is 110 Å². The van der Waals surface area contributed by atoms with Crippen molar-refractivity contribution < 1.29 is 62.1 Å². The van der Waals surface area contributed by atoms with Gasteiger partial charge in [0.2, 0.25) is 0 Å². The number of unbranched alkanes of at least 4 members (excludes halogenated alkanes) is 2. The van der Waals surface area contributed by atoms with E-state index >= 15 is 0 Å². The SMILES string of the molecule is C[N+](C)(CCCCC[N+](C)(C)CCCN1C(=O)c2ccccc2C1=O)CCCN1C(=O)c2ccccc2C1=O.[Br-].[Br-]. The first kappa shape index (κ1) is 34.8. The highest BCUT2D eigenvalue weighted by molar-refractivity contribution is 6.22. The minimum absolute atomic E-state index is 0. The summed E-state index contributed by atoms with van der Waals surface area (Å²) in [4.78, 5) is 53.0. The molecule has 0 aromatic heterocycles. The fourth-order valence-corrected chi connectivity index (χ4v) is 5.68. The summed E-state index contributed by atoms with van der Waals surface area (Å²) in [5.41, 5.74) is 2.06. The molecule has 0 fully saturated rings. The molecule has 0 N–H and O–H groups in total. The summed E-state index contributed by atoms with van der Waals surface area (Å²) >= 11 is 0. The number of benzene rings is 2. The van der Waals surface area contributed by atoms with Crippen LogP contribution in [0.5, 0.6) is 0 Å². The zero-order valence-electron chi connectivity index (χ0n) is 24.6. The highest BCUT2D eigenvalue weighted by atomic mass is 79.9. The second-order valence-electron chi connectivity index (χ2n) is 12.1. The van der Waals surface area contributed by atoms with E-state index in [-0.39, 0.29) is 57.6 Å². The normalized spacial score (nSPS) is 14.6. The van der Waals surface area contributed by atoms with E-state index in [1.165, 1.54) is 9.80 Å². The molecule has 2 heterocycles. The Balaban J connectivity index is 0.00000294. The lowest BCUT2D eigenvalue weighted by Crippen LogP contribution is -3.00. The van der Waals surface area contributed by atoms with Crippen LogP contribution in [0, 0.1) is 0 Å². The molecule has 224 valence electrons. The Kier molecular flexibility index (Phi) is 12.4. The van der Waals surface area contributed by atoms with E-state index in [9.17, 15) is 19.2 Å². The summed E-state index contributed by atoms with van der Waals surface area (Å²) in [5, 5.41) is 0. The van der Waals surface area contributed by atoms with E-state index < -0.39 is 0 Å². The maximum absolute atomic E-state index is 12.6. The monoisotopic (exact) mass is 692 g/mol. The van der Waals surface area contributed by atoms with Crippen LogP contribution in [0.2, 0.25) is 0 Å². The lowest BCUT2D eigenvalue weighted by molar-refractivity contribution is -0.892. The van der Waals surface area contributed by atoms with Gasteiger partial charge < -0.3 is 42.9 Å². The van der Waals surface area contributed by atoms with Crippen molar-refractivity contribution in [1.29, 1.82) is 0 Å². The molecule has 0 spiro atoms. The molecule has 0 bridgehead atoms. The van der Waals surface area contributed by atoms with Crippen LogP contribution >= 0.6 is 0 Å². The fraction of sp³-hybridized carbons (Fsp3) is 0.484. The molecule has 8 nitrogen and oxygen atoms in total. The molecule has 0 saturated heterocycles. The number of halogens is 2. The van der Waals surface area contributed by atoms with Gasteiger partial charge in [-0.25, -0.2) is 0 Å². The minimum atomic E-state index is -0.176. The van der Waals surface area contributed by atoms with E-state index in [0.717, 1.165) is 67.2 Å². The maximum Gasteiger partial charge on any atom is 0.261 e. The molecule has 2 aliphatic heterocycles. The predicted molar refractivity (Wildman–Crippen MR) is 150 cm³/mol. The maximum atomic E-state index is 12.6. The number of fused-ring (bicyclic) bond motifs is 2. The number of nitrogens with zero attached hydrogens (tertiary/aromatic N) is 4. The van der Waals surface area contributed by atoms with Crippen molar-refractivity contribution in [3.63, 3.8) is 0 Å². The van der Waals surface area contributed by atoms with Gasteiger partial charge in [-0.2, -0.15) is 0 Å². The molecule has 2 aromatic carbocycles. The highest BCUT2D eigenvalue weighted by Crippen LogP contribution is 2.24. The van der Waals surface area contributed by atoms with Crippen LogP contribution in [0.1, 0.15) is 73.5 Å². The van der Waals surface area contributed by atoms with Crippen molar-refractivity contribution in [1.82, 2.24) is 9.80 Å². The first-order valence-corrected chi connectivity index (χ1v) is 14.1. The Hall–Kier alpha value is -2.40. The smallest absolute Gasteiger partial charge is 0.261 e. The van der Waals surface area contributed by atoms with Gasteiger partial charge >= 0.3 is 0 Å². The second kappa shape index (κ2) is 14.7. The van der Waals surface area contributed by atoms with Crippen molar-refractivity contribution >= 4 is 23.6 Å². The molecule has 2 aromatic rings. The zero-order valence-corrected chi connectivity index (χ0v) is 27.7. The van der Waals surface area contributed by atoms with Gasteiger partial charge in [0.25, 0.3) is 23.6 Å². The summed E-state index contributed by atoms with van der Waals surface area (Å²) in [5.74, 6) is -0.702. The van der Waals surface area contributed by atoms with E-state index in [1.807, 2.05) is 0 Å². The van der Waals surface area contributed by atoms with Gasteiger partial charge in [0.05, 0.1) is 76.6 Å². The molecule has 41 heavy (non-hydrogen) atoms. The second-order valence-corrected chi connectivity index (χ2v) is 12.1. The molecule has 0 atom stereocenters. The van der Waals surface area contributed by atoms with Crippen molar-refractivity contribution in [3.05, 3.63) is 70.8 Å². The van der Waals surface area contributed by atoms with Crippen LogP contribution in [0.25, 0.3) is 0 Å². The zero-order chi connectivity index (χ0) is 28.2. The van der Waals surface area contributed by atoms with Gasteiger partial charge in [0.1, 0.15) is 0 Å². The number of hydrogen-bond donors (Lipinski definition) is 0. The van der Waals surface area contributed by atoms with E-state index in [2.05, 4.69) is 28.2 Å². The van der Waals surface area contributed by atoms with Gasteiger partial charge in [-0.1, -0.05) is 24.3 Å². The van der Waals surface area contributed by atoms with Gasteiger partial charge in [0.15, 0.2) is 0 Å². The standard InChI is InChI=1S/C31H42N4O4.2BrH/c1-34(2,22-12-18-32-28(36)24-14-6-7-15-25(24)29(32)37)20-10-5-11-21-35(3,4)23-13-19-33-30(38)26-16-8-9-17-27(26)31(33)39;;/h6-9,14-17H,5,10-13,18-23H2,1-4H3;2*1H/q+2;;/p-2. The number of hydrogen-bond acceptors (Lipinski definition) is 4. The Labute approximate surface area is 265 Å².